The molecular formula is C17H26N4OS. The van der Waals surface area contributed by atoms with E-state index in [0.29, 0.717) is 12.0 Å². The van der Waals surface area contributed by atoms with Crippen LogP contribution in [-0.2, 0) is 10.5 Å². The normalized spacial score (nSPS) is 27.6. The number of nitrogens with zero attached hydrogens (tertiary/aromatic N) is 1. The monoisotopic (exact) mass is 334 g/mol. The highest BCUT2D eigenvalue weighted by Gasteiger charge is 2.42. The van der Waals surface area contributed by atoms with Crippen LogP contribution in [0.3, 0.4) is 0 Å². The van der Waals surface area contributed by atoms with Crippen molar-refractivity contribution < 1.29 is 4.79 Å². The number of carbonyl (C=O) groups excluding carboxylic acids is 1. The molecule has 23 heavy (non-hydrogen) atoms. The molecule has 2 aliphatic heterocycles. The van der Waals surface area contributed by atoms with E-state index in [2.05, 4.69) is 52.4 Å². The number of fused-ring (bicyclic) bond motifs is 1. The molecule has 3 unspecified atom stereocenters. The number of amides is 1. The van der Waals surface area contributed by atoms with E-state index in [0.717, 1.165) is 37.6 Å². The lowest BCUT2D eigenvalue weighted by molar-refractivity contribution is -0.123. The predicted octanol–water partition coefficient (Wildman–Crippen LogP) is 0.833. The molecule has 1 aromatic carbocycles. The third-order valence-corrected chi connectivity index (χ3v) is 5.68. The van der Waals surface area contributed by atoms with Gasteiger partial charge in [-0.3, -0.25) is 10.2 Å². The van der Waals surface area contributed by atoms with Gasteiger partial charge in [-0.15, -0.1) is 0 Å². The average Bonchev–Trinajstić information content (AvgIpc) is 2.98. The van der Waals surface area contributed by atoms with Gasteiger partial charge in [-0.2, -0.15) is 11.8 Å². The lowest BCUT2D eigenvalue weighted by Gasteiger charge is -2.33. The summed E-state index contributed by atoms with van der Waals surface area (Å²) in [6, 6.07) is 10.8. The molecule has 2 saturated heterocycles. The summed E-state index contributed by atoms with van der Waals surface area (Å²) in [5.74, 6) is 2.43. The van der Waals surface area contributed by atoms with Crippen molar-refractivity contribution in [2.75, 3.05) is 32.4 Å². The van der Waals surface area contributed by atoms with Crippen LogP contribution in [0.15, 0.2) is 30.3 Å². The fourth-order valence-corrected chi connectivity index (χ4v) is 4.17. The summed E-state index contributed by atoms with van der Waals surface area (Å²) in [4.78, 5) is 14.7. The maximum absolute atomic E-state index is 12.4. The Labute approximate surface area is 142 Å². The molecule has 2 fully saturated rings. The summed E-state index contributed by atoms with van der Waals surface area (Å²) in [7, 11) is 2.13. The fourth-order valence-electron chi connectivity index (χ4n) is 3.35. The summed E-state index contributed by atoms with van der Waals surface area (Å²) >= 11 is 1.86. The minimum absolute atomic E-state index is 0.109. The first-order valence-corrected chi connectivity index (χ1v) is 9.48. The zero-order valence-corrected chi connectivity index (χ0v) is 14.4. The van der Waals surface area contributed by atoms with Gasteiger partial charge in [0.05, 0.1) is 0 Å². The molecule has 1 amide bonds. The second kappa shape index (κ2) is 8.15. The summed E-state index contributed by atoms with van der Waals surface area (Å²) < 4.78 is 0. The van der Waals surface area contributed by atoms with Gasteiger partial charge in [0.15, 0.2) is 0 Å². The minimum atomic E-state index is -0.109. The number of nitrogens with one attached hydrogen (secondary N) is 3. The van der Waals surface area contributed by atoms with Crippen molar-refractivity contribution in [1.29, 1.82) is 0 Å². The van der Waals surface area contributed by atoms with Gasteiger partial charge in [0.2, 0.25) is 5.91 Å². The highest BCUT2D eigenvalue weighted by Crippen LogP contribution is 2.23. The van der Waals surface area contributed by atoms with Gasteiger partial charge in [0.25, 0.3) is 0 Å². The van der Waals surface area contributed by atoms with Crippen LogP contribution in [0, 0.1) is 5.92 Å². The van der Waals surface area contributed by atoms with Crippen LogP contribution in [0.4, 0.5) is 0 Å². The van der Waals surface area contributed by atoms with Crippen molar-refractivity contribution in [3.63, 3.8) is 0 Å². The highest BCUT2D eigenvalue weighted by atomic mass is 32.2. The van der Waals surface area contributed by atoms with Gasteiger partial charge in [-0.25, -0.2) is 5.43 Å². The minimum Gasteiger partial charge on any atom is -0.354 e. The zero-order chi connectivity index (χ0) is 16.1. The second-order valence-corrected chi connectivity index (χ2v) is 7.52. The van der Waals surface area contributed by atoms with Crippen molar-refractivity contribution in [3.05, 3.63) is 35.9 Å². The molecule has 0 aromatic heterocycles. The largest absolute Gasteiger partial charge is 0.354 e. The number of piperidine rings is 1. The first-order valence-electron chi connectivity index (χ1n) is 8.33. The first-order chi connectivity index (χ1) is 11.2. The fraction of sp³-hybridized carbons (Fsp3) is 0.588. The molecule has 0 aliphatic carbocycles. The van der Waals surface area contributed by atoms with E-state index in [1.165, 1.54) is 5.56 Å². The second-order valence-electron chi connectivity index (χ2n) is 6.42. The van der Waals surface area contributed by atoms with E-state index in [4.69, 9.17) is 0 Å². The molecule has 0 spiro atoms. The molecule has 0 radical (unpaired) electrons. The van der Waals surface area contributed by atoms with Crippen molar-refractivity contribution in [1.82, 2.24) is 21.1 Å². The number of likely N-dealkylation sites (tertiary alicyclic amines) is 1. The van der Waals surface area contributed by atoms with E-state index < -0.39 is 0 Å². The van der Waals surface area contributed by atoms with Crippen LogP contribution < -0.4 is 16.2 Å². The summed E-state index contributed by atoms with van der Waals surface area (Å²) in [5.41, 5.74) is 7.81. The Morgan fingerprint density at radius 2 is 2.17 bits per heavy atom. The standard InChI is InChI=1S/C17H26N4OS/c1-21-9-7-15-14(11-21)16(20-19-15)17(22)18-8-10-23-12-13-5-3-2-4-6-13/h2-6,14-16,19-20H,7-12H2,1H3,(H,18,22). The predicted molar refractivity (Wildman–Crippen MR) is 95.1 cm³/mol. The summed E-state index contributed by atoms with van der Waals surface area (Å²) in [6.45, 7) is 2.80. The van der Waals surface area contributed by atoms with Gasteiger partial charge in [-0.05, 0) is 25.6 Å². The zero-order valence-electron chi connectivity index (χ0n) is 13.6. The van der Waals surface area contributed by atoms with Crippen LogP contribution >= 0.6 is 11.8 Å². The van der Waals surface area contributed by atoms with E-state index in [9.17, 15) is 4.79 Å². The van der Waals surface area contributed by atoms with Crippen LogP contribution in [0.1, 0.15) is 12.0 Å². The Kier molecular flexibility index (Phi) is 5.94. The van der Waals surface area contributed by atoms with Gasteiger partial charge < -0.3 is 10.2 Å². The quantitative estimate of drug-likeness (QED) is 0.673. The smallest absolute Gasteiger partial charge is 0.238 e. The Hall–Kier alpha value is -1.08. The Balaban J connectivity index is 1.36. The molecule has 1 aromatic rings. The number of hydrogen-bond acceptors (Lipinski definition) is 5. The third kappa shape index (κ3) is 4.47. The number of carbonyl (C=O) groups is 1. The third-order valence-electron chi connectivity index (χ3n) is 4.65. The van der Waals surface area contributed by atoms with E-state index >= 15 is 0 Å². The number of rotatable bonds is 6. The molecule has 6 heteroatoms. The van der Waals surface area contributed by atoms with Gasteiger partial charge >= 0.3 is 0 Å². The molecule has 3 rings (SSSR count). The lowest BCUT2D eigenvalue weighted by atomic mass is 9.88. The van der Waals surface area contributed by atoms with E-state index in [1.807, 2.05) is 17.8 Å². The molecule has 3 N–H and O–H groups in total. The molecular weight excluding hydrogens is 308 g/mol. The van der Waals surface area contributed by atoms with Crippen molar-refractivity contribution in [2.45, 2.75) is 24.3 Å². The molecule has 0 saturated carbocycles. The summed E-state index contributed by atoms with van der Waals surface area (Å²) in [6.07, 6.45) is 1.10. The van der Waals surface area contributed by atoms with E-state index in [-0.39, 0.29) is 11.9 Å². The Morgan fingerprint density at radius 3 is 3.00 bits per heavy atom. The number of thioether (sulfide) groups is 1. The van der Waals surface area contributed by atoms with Gasteiger partial charge in [0.1, 0.15) is 6.04 Å². The summed E-state index contributed by atoms with van der Waals surface area (Å²) in [5, 5.41) is 3.08. The molecule has 5 nitrogen and oxygen atoms in total. The maximum atomic E-state index is 12.4. The molecule has 2 heterocycles. The first kappa shape index (κ1) is 16.8. The Bertz CT molecular complexity index is 513. The topological polar surface area (TPSA) is 56.4 Å². The van der Waals surface area contributed by atoms with Crippen LogP contribution in [0.2, 0.25) is 0 Å². The number of hydrogen-bond donors (Lipinski definition) is 3. The van der Waals surface area contributed by atoms with E-state index in [1.54, 1.807) is 0 Å². The number of hydrazine groups is 1. The lowest BCUT2D eigenvalue weighted by Crippen LogP contribution is -2.49. The maximum Gasteiger partial charge on any atom is 0.238 e. The van der Waals surface area contributed by atoms with Gasteiger partial charge in [0, 0.05) is 36.6 Å². The number of benzene rings is 1. The molecule has 2 aliphatic rings. The van der Waals surface area contributed by atoms with Crippen molar-refractivity contribution in [3.8, 4) is 0 Å². The molecule has 3 atom stereocenters. The van der Waals surface area contributed by atoms with Crippen LogP contribution in [-0.4, -0.2) is 55.3 Å². The van der Waals surface area contributed by atoms with Crippen LogP contribution in [0.25, 0.3) is 0 Å². The van der Waals surface area contributed by atoms with Crippen molar-refractivity contribution in [2.24, 2.45) is 5.92 Å². The van der Waals surface area contributed by atoms with Crippen molar-refractivity contribution >= 4 is 17.7 Å². The average molecular weight is 334 g/mol. The van der Waals surface area contributed by atoms with Gasteiger partial charge in [-0.1, -0.05) is 30.3 Å². The highest BCUT2D eigenvalue weighted by molar-refractivity contribution is 7.98. The molecule has 126 valence electrons. The Morgan fingerprint density at radius 1 is 1.35 bits per heavy atom. The SMILES string of the molecule is CN1CCC2NNC(C(=O)NCCSCc3ccccc3)C2C1. The molecule has 0 bridgehead atoms. The van der Waals surface area contributed by atoms with Crippen LogP contribution in [0.5, 0.6) is 0 Å².